The first kappa shape index (κ1) is 7.77. The van der Waals surface area contributed by atoms with Gasteiger partial charge in [0.2, 0.25) is 0 Å². The van der Waals surface area contributed by atoms with Crippen molar-refractivity contribution in [3.63, 3.8) is 0 Å². The van der Waals surface area contributed by atoms with Gasteiger partial charge in [0, 0.05) is 0 Å². The standard InChI is InChI=1S/C8H4Cl2N2/c9-5-2-1-3-6-7(5)8(10)12-4-11-6/h1-4H. The number of fused-ring (bicyclic) bond motifs is 1. The van der Waals surface area contributed by atoms with Gasteiger partial charge in [-0.3, -0.25) is 0 Å². The van der Waals surface area contributed by atoms with Crippen LogP contribution in [0.4, 0.5) is 0 Å². The molecule has 2 nitrogen and oxygen atoms in total. The Labute approximate surface area is 79.2 Å². The van der Waals surface area contributed by atoms with Crippen LogP contribution in [0.3, 0.4) is 0 Å². The molecule has 0 radical (unpaired) electrons. The Hall–Kier alpha value is -0.860. The molecule has 0 spiro atoms. The Morgan fingerprint density at radius 3 is 2.67 bits per heavy atom. The summed E-state index contributed by atoms with van der Waals surface area (Å²) < 4.78 is 0. The first-order chi connectivity index (χ1) is 5.79. The summed E-state index contributed by atoms with van der Waals surface area (Å²) in [6.07, 6.45) is 1.42. The fraction of sp³-hybridized carbons (Fsp3) is 0. The molecule has 0 atom stereocenters. The van der Waals surface area contributed by atoms with Crippen LogP contribution in [0.15, 0.2) is 24.5 Å². The predicted octanol–water partition coefficient (Wildman–Crippen LogP) is 2.94. The molecule has 0 aliphatic rings. The highest BCUT2D eigenvalue weighted by Crippen LogP contribution is 2.26. The van der Waals surface area contributed by atoms with E-state index in [9.17, 15) is 0 Å². The molecule has 0 bridgehead atoms. The average Bonchev–Trinajstić information content (AvgIpc) is 2.04. The lowest BCUT2D eigenvalue weighted by Gasteiger charge is -1.99. The summed E-state index contributed by atoms with van der Waals surface area (Å²) in [7, 11) is 0. The van der Waals surface area contributed by atoms with Gasteiger partial charge in [0.15, 0.2) is 0 Å². The number of benzene rings is 1. The predicted molar refractivity (Wildman–Crippen MR) is 49.6 cm³/mol. The van der Waals surface area contributed by atoms with Crippen molar-refractivity contribution in [1.82, 2.24) is 9.97 Å². The third-order valence-corrected chi connectivity index (χ3v) is 2.17. The Balaban J connectivity index is 2.96. The van der Waals surface area contributed by atoms with Crippen molar-refractivity contribution >= 4 is 34.1 Å². The van der Waals surface area contributed by atoms with Gasteiger partial charge in [0.1, 0.15) is 11.5 Å². The maximum Gasteiger partial charge on any atom is 0.141 e. The van der Waals surface area contributed by atoms with Crippen LogP contribution in [0.2, 0.25) is 10.2 Å². The van der Waals surface area contributed by atoms with Crippen LogP contribution in [-0.4, -0.2) is 9.97 Å². The second kappa shape index (κ2) is 2.88. The van der Waals surface area contributed by atoms with Gasteiger partial charge in [0.25, 0.3) is 0 Å². The van der Waals surface area contributed by atoms with Crippen molar-refractivity contribution in [3.8, 4) is 0 Å². The summed E-state index contributed by atoms with van der Waals surface area (Å²) in [6.45, 7) is 0. The zero-order chi connectivity index (χ0) is 8.55. The first-order valence-electron chi connectivity index (χ1n) is 3.34. The molecule has 4 heteroatoms. The fourth-order valence-corrected chi connectivity index (χ4v) is 1.58. The van der Waals surface area contributed by atoms with Gasteiger partial charge in [-0.05, 0) is 12.1 Å². The Morgan fingerprint density at radius 2 is 1.92 bits per heavy atom. The Kier molecular flexibility index (Phi) is 1.87. The van der Waals surface area contributed by atoms with Gasteiger partial charge in [-0.1, -0.05) is 29.3 Å². The minimum atomic E-state index is 0.394. The van der Waals surface area contributed by atoms with E-state index in [1.165, 1.54) is 6.33 Å². The van der Waals surface area contributed by atoms with Gasteiger partial charge in [-0.2, -0.15) is 0 Å². The van der Waals surface area contributed by atoms with E-state index in [0.29, 0.717) is 15.6 Å². The van der Waals surface area contributed by atoms with Crippen LogP contribution in [0, 0.1) is 0 Å². The number of hydrogen-bond donors (Lipinski definition) is 0. The van der Waals surface area contributed by atoms with Crippen molar-refractivity contribution in [1.29, 1.82) is 0 Å². The number of nitrogens with zero attached hydrogens (tertiary/aromatic N) is 2. The lowest BCUT2D eigenvalue weighted by atomic mass is 10.2. The summed E-state index contributed by atoms with van der Waals surface area (Å²) in [4.78, 5) is 7.86. The number of hydrogen-bond acceptors (Lipinski definition) is 2. The summed E-state index contributed by atoms with van der Waals surface area (Å²) >= 11 is 11.7. The summed E-state index contributed by atoms with van der Waals surface area (Å²) in [5.41, 5.74) is 0.766. The van der Waals surface area contributed by atoms with Gasteiger partial charge in [-0.15, -0.1) is 0 Å². The fourth-order valence-electron chi connectivity index (χ4n) is 1.03. The molecule has 0 saturated heterocycles. The molecule has 1 heterocycles. The molecule has 0 unspecified atom stereocenters. The lowest BCUT2D eigenvalue weighted by Crippen LogP contribution is -1.83. The highest BCUT2D eigenvalue weighted by molar-refractivity contribution is 6.41. The van der Waals surface area contributed by atoms with Crippen molar-refractivity contribution in [2.45, 2.75) is 0 Å². The van der Waals surface area contributed by atoms with E-state index in [1.807, 2.05) is 12.1 Å². The second-order valence-electron chi connectivity index (χ2n) is 2.30. The zero-order valence-corrected chi connectivity index (χ0v) is 7.47. The van der Waals surface area contributed by atoms with E-state index < -0.39 is 0 Å². The summed E-state index contributed by atoms with van der Waals surface area (Å²) in [5.74, 6) is 0. The highest BCUT2D eigenvalue weighted by Gasteiger charge is 2.03. The summed E-state index contributed by atoms with van der Waals surface area (Å²) in [6, 6.07) is 5.43. The van der Waals surface area contributed by atoms with Crippen LogP contribution in [0.1, 0.15) is 0 Å². The SMILES string of the molecule is Clc1cccc2ncnc(Cl)c12. The topological polar surface area (TPSA) is 25.8 Å². The second-order valence-corrected chi connectivity index (χ2v) is 3.06. The maximum absolute atomic E-state index is 5.90. The molecule has 1 aromatic carbocycles. The molecule has 0 aliphatic carbocycles. The first-order valence-corrected chi connectivity index (χ1v) is 4.09. The highest BCUT2D eigenvalue weighted by atomic mass is 35.5. The third-order valence-electron chi connectivity index (χ3n) is 1.57. The lowest BCUT2D eigenvalue weighted by molar-refractivity contribution is 1.22. The van der Waals surface area contributed by atoms with Crippen molar-refractivity contribution < 1.29 is 0 Å². The van der Waals surface area contributed by atoms with Gasteiger partial charge in [-0.25, -0.2) is 9.97 Å². The normalized spacial score (nSPS) is 10.5. The van der Waals surface area contributed by atoms with Gasteiger partial charge >= 0.3 is 0 Å². The van der Waals surface area contributed by atoms with Crippen molar-refractivity contribution in [3.05, 3.63) is 34.7 Å². The van der Waals surface area contributed by atoms with Crippen LogP contribution >= 0.6 is 23.2 Å². The molecule has 0 amide bonds. The molecule has 0 fully saturated rings. The van der Waals surface area contributed by atoms with E-state index >= 15 is 0 Å². The van der Waals surface area contributed by atoms with Gasteiger partial charge in [0.05, 0.1) is 15.9 Å². The largest absolute Gasteiger partial charge is 0.236 e. The van der Waals surface area contributed by atoms with Crippen LogP contribution in [0.25, 0.3) is 10.9 Å². The third kappa shape index (κ3) is 1.13. The number of halogens is 2. The van der Waals surface area contributed by atoms with Crippen LogP contribution in [0.5, 0.6) is 0 Å². The molecule has 1 aromatic heterocycles. The molecule has 2 aromatic rings. The average molecular weight is 199 g/mol. The molecule has 2 rings (SSSR count). The van der Waals surface area contributed by atoms with E-state index in [2.05, 4.69) is 9.97 Å². The quantitative estimate of drug-likeness (QED) is 0.609. The van der Waals surface area contributed by atoms with Crippen molar-refractivity contribution in [2.24, 2.45) is 0 Å². The molecule has 12 heavy (non-hydrogen) atoms. The van der Waals surface area contributed by atoms with E-state index in [-0.39, 0.29) is 0 Å². The minimum absolute atomic E-state index is 0.394. The molecule has 0 N–H and O–H groups in total. The molecule has 0 aliphatic heterocycles. The van der Waals surface area contributed by atoms with E-state index in [1.54, 1.807) is 6.07 Å². The number of rotatable bonds is 0. The molecular formula is C8H4Cl2N2. The smallest absolute Gasteiger partial charge is 0.141 e. The van der Waals surface area contributed by atoms with Crippen LogP contribution < -0.4 is 0 Å². The van der Waals surface area contributed by atoms with E-state index in [0.717, 1.165) is 5.52 Å². The van der Waals surface area contributed by atoms with Crippen LogP contribution in [-0.2, 0) is 0 Å². The van der Waals surface area contributed by atoms with Gasteiger partial charge < -0.3 is 0 Å². The molecule has 0 saturated carbocycles. The minimum Gasteiger partial charge on any atom is -0.236 e. The Bertz CT molecular complexity index is 392. The van der Waals surface area contributed by atoms with Crippen molar-refractivity contribution in [2.75, 3.05) is 0 Å². The Morgan fingerprint density at radius 1 is 1.08 bits per heavy atom. The number of aromatic nitrogens is 2. The maximum atomic E-state index is 5.90. The van der Waals surface area contributed by atoms with E-state index in [4.69, 9.17) is 23.2 Å². The molecular weight excluding hydrogens is 195 g/mol. The monoisotopic (exact) mass is 198 g/mol. The molecule has 60 valence electrons. The summed E-state index contributed by atoms with van der Waals surface area (Å²) in [5, 5.41) is 1.69. The zero-order valence-electron chi connectivity index (χ0n) is 5.96.